The van der Waals surface area contributed by atoms with Crippen molar-refractivity contribution in [2.24, 2.45) is 17.8 Å². The molecule has 26 heavy (non-hydrogen) atoms. The lowest BCUT2D eigenvalue weighted by atomic mass is 9.76. The van der Waals surface area contributed by atoms with Gasteiger partial charge in [-0.25, -0.2) is 4.79 Å². The van der Waals surface area contributed by atoms with Crippen LogP contribution in [0.15, 0.2) is 0 Å². The third-order valence-corrected chi connectivity index (χ3v) is 6.98. The van der Waals surface area contributed by atoms with E-state index in [1.54, 1.807) is 18.7 Å². The Hall–Kier alpha value is -1.28. The monoisotopic (exact) mass is 383 g/mol. The van der Waals surface area contributed by atoms with Crippen molar-refractivity contribution < 1.29 is 19.1 Å². The SMILES string of the molecule is CCOC(=O)NC(=O)C1CCSC1NC(=O)C1CNC2CCCCC2C1. The lowest BCUT2D eigenvalue weighted by Crippen LogP contribution is -2.53. The van der Waals surface area contributed by atoms with Crippen LogP contribution in [0.2, 0.25) is 0 Å². The summed E-state index contributed by atoms with van der Waals surface area (Å²) >= 11 is 1.57. The van der Waals surface area contributed by atoms with Gasteiger partial charge in [-0.05, 0) is 44.3 Å². The van der Waals surface area contributed by atoms with Crippen LogP contribution < -0.4 is 16.0 Å². The lowest BCUT2D eigenvalue weighted by Gasteiger charge is -2.40. The highest BCUT2D eigenvalue weighted by Crippen LogP contribution is 2.34. The van der Waals surface area contributed by atoms with Crippen molar-refractivity contribution >= 4 is 29.7 Å². The van der Waals surface area contributed by atoms with Gasteiger partial charge in [-0.15, -0.1) is 11.8 Å². The van der Waals surface area contributed by atoms with Crippen molar-refractivity contribution in [3.63, 3.8) is 0 Å². The number of amides is 3. The standard InChI is InChI=1S/C18H29N3O4S/c1-2-25-18(24)21-16(23)13-7-8-26-17(13)20-15(22)12-9-11-5-3-4-6-14(11)19-10-12/h11-14,17,19H,2-10H2,1H3,(H,20,22)(H,21,23,24). The van der Waals surface area contributed by atoms with Crippen LogP contribution >= 0.6 is 11.8 Å². The van der Waals surface area contributed by atoms with Crippen molar-refractivity contribution in [2.45, 2.75) is 56.9 Å². The molecule has 3 rings (SSSR count). The minimum atomic E-state index is -0.723. The number of imide groups is 1. The van der Waals surface area contributed by atoms with Crippen molar-refractivity contribution in [1.29, 1.82) is 0 Å². The van der Waals surface area contributed by atoms with E-state index >= 15 is 0 Å². The van der Waals surface area contributed by atoms with Crippen molar-refractivity contribution in [1.82, 2.24) is 16.0 Å². The highest BCUT2D eigenvalue weighted by Gasteiger charge is 2.39. The highest BCUT2D eigenvalue weighted by molar-refractivity contribution is 8.00. The third-order valence-electron chi connectivity index (χ3n) is 5.71. The Morgan fingerprint density at radius 1 is 1.15 bits per heavy atom. The summed E-state index contributed by atoms with van der Waals surface area (Å²) in [5.74, 6) is 0.603. The molecule has 3 aliphatic rings. The van der Waals surface area contributed by atoms with E-state index in [2.05, 4.69) is 16.0 Å². The maximum Gasteiger partial charge on any atom is 0.413 e. The molecule has 3 amide bonds. The summed E-state index contributed by atoms with van der Waals surface area (Å²) in [5.41, 5.74) is 0. The van der Waals surface area contributed by atoms with Crippen LogP contribution in [0, 0.1) is 17.8 Å². The Kier molecular flexibility index (Phi) is 6.80. The quantitative estimate of drug-likeness (QED) is 0.683. The first-order valence-corrected chi connectivity index (χ1v) is 10.8. The number of rotatable bonds is 4. The van der Waals surface area contributed by atoms with Gasteiger partial charge in [0.1, 0.15) is 0 Å². The van der Waals surface area contributed by atoms with Crippen molar-refractivity contribution in [2.75, 3.05) is 18.9 Å². The first-order chi connectivity index (χ1) is 12.6. The van der Waals surface area contributed by atoms with Gasteiger partial charge >= 0.3 is 6.09 Å². The number of carbonyl (C=O) groups excluding carboxylic acids is 3. The molecule has 3 fully saturated rings. The molecule has 8 heteroatoms. The Morgan fingerprint density at radius 3 is 2.77 bits per heavy atom. The molecule has 0 aromatic carbocycles. The average molecular weight is 384 g/mol. The fraction of sp³-hybridized carbons (Fsp3) is 0.833. The first kappa shape index (κ1) is 19.5. The Morgan fingerprint density at radius 2 is 1.96 bits per heavy atom. The maximum absolute atomic E-state index is 12.7. The molecule has 7 nitrogen and oxygen atoms in total. The van der Waals surface area contributed by atoms with Gasteiger partial charge < -0.3 is 15.4 Å². The number of hydrogen-bond acceptors (Lipinski definition) is 6. The summed E-state index contributed by atoms with van der Waals surface area (Å²) < 4.78 is 4.76. The van der Waals surface area contributed by atoms with Gasteiger partial charge in [0.2, 0.25) is 11.8 Å². The summed E-state index contributed by atoms with van der Waals surface area (Å²) in [6.07, 6.45) is 5.80. The van der Waals surface area contributed by atoms with E-state index in [4.69, 9.17) is 4.74 Å². The summed E-state index contributed by atoms with van der Waals surface area (Å²) in [7, 11) is 0. The number of thioether (sulfide) groups is 1. The van der Waals surface area contributed by atoms with Crippen LogP contribution in [-0.4, -0.2) is 48.2 Å². The van der Waals surface area contributed by atoms with Gasteiger partial charge in [-0.3, -0.25) is 14.9 Å². The summed E-state index contributed by atoms with van der Waals surface area (Å²) in [6.45, 7) is 2.62. The van der Waals surface area contributed by atoms with Gasteiger partial charge in [-0.2, -0.15) is 0 Å². The fourth-order valence-electron chi connectivity index (χ4n) is 4.32. The van der Waals surface area contributed by atoms with Crippen LogP contribution in [0.1, 0.15) is 45.4 Å². The van der Waals surface area contributed by atoms with E-state index in [9.17, 15) is 14.4 Å². The fourth-order valence-corrected chi connectivity index (χ4v) is 5.65. The Labute approximate surface area is 158 Å². The van der Waals surface area contributed by atoms with Crippen LogP contribution in [0.3, 0.4) is 0 Å². The zero-order valence-electron chi connectivity index (χ0n) is 15.3. The largest absolute Gasteiger partial charge is 0.450 e. The molecule has 1 aliphatic carbocycles. The van der Waals surface area contributed by atoms with Crippen LogP contribution in [0.5, 0.6) is 0 Å². The summed E-state index contributed by atoms with van der Waals surface area (Å²) in [6, 6.07) is 0.566. The zero-order valence-corrected chi connectivity index (χ0v) is 16.1. The molecular formula is C18H29N3O4S. The van der Waals surface area contributed by atoms with E-state index in [0.29, 0.717) is 24.9 Å². The molecule has 146 valence electrons. The maximum atomic E-state index is 12.7. The first-order valence-electron chi connectivity index (χ1n) is 9.71. The van der Waals surface area contributed by atoms with E-state index in [0.717, 1.165) is 12.2 Å². The number of carbonyl (C=O) groups is 3. The van der Waals surface area contributed by atoms with Crippen LogP contribution in [-0.2, 0) is 14.3 Å². The number of hydrogen-bond donors (Lipinski definition) is 3. The normalized spacial score (nSPS) is 33.8. The molecule has 0 aromatic heterocycles. The zero-order chi connectivity index (χ0) is 18.5. The second-order valence-corrected chi connectivity index (χ2v) is 8.65. The molecule has 0 radical (unpaired) electrons. The molecule has 0 aromatic rings. The molecule has 1 saturated carbocycles. The smallest absolute Gasteiger partial charge is 0.413 e. The molecule has 5 atom stereocenters. The van der Waals surface area contributed by atoms with E-state index in [1.807, 2.05) is 0 Å². The number of piperidine rings is 1. The van der Waals surface area contributed by atoms with Gasteiger partial charge in [-0.1, -0.05) is 12.8 Å². The molecule has 2 aliphatic heterocycles. The van der Waals surface area contributed by atoms with Crippen molar-refractivity contribution in [3.8, 4) is 0 Å². The third kappa shape index (κ3) is 4.71. The minimum absolute atomic E-state index is 0.0230. The second-order valence-electron chi connectivity index (χ2n) is 7.40. The summed E-state index contributed by atoms with van der Waals surface area (Å²) in [5, 5.41) is 8.58. The minimum Gasteiger partial charge on any atom is -0.450 e. The van der Waals surface area contributed by atoms with Gasteiger partial charge in [0.05, 0.1) is 23.8 Å². The number of fused-ring (bicyclic) bond motifs is 1. The van der Waals surface area contributed by atoms with Gasteiger partial charge in [0.25, 0.3) is 0 Å². The van der Waals surface area contributed by atoms with Gasteiger partial charge in [0, 0.05) is 12.6 Å². The van der Waals surface area contributed by atoms with E-state index in [1.165, 1.54) is 25.7 Å². The predicted molar refractivity (Wildman–Crippen MR) is 99.5 cm³/mol. The van der Waals surface area contributed by atoms with E-state index < -0.39 is 12.0 Å². The predicted octanol–water partition coefficient (Wildman–Crippen LogP) is 1.62. The topological polar surface area (TPSA) is 96.5 Å². The number of nitrogens with one attached hydrogen (secondary N) is 3. The van der Waals surface area contributed by atoms with E-state index in [-0.39, 0.29) is 29.7 Å². The second kappa shape index (κ2) is 9.08. The highest BCUT2D eigenvalue weighted by atomic mass is 32.2. The molecule has 3 N–H and O–H groups in total. The van der Waals surface area contributed by atoms with Crippen LogP contribution in [0.4, 0.5) is 4.79 Å². The molecule has 2 saturated heterocycles. The van der Waals surface area contributed by atoms with Crippen LogP contribution in [0.25, 0.3) is 0 Å². The summed E-state index contributed by atoms with van der Waals surface area (Å²) in [4.78, 5) is 36.5. The average Bonchev–Trinajstić information content (AvgIpc) is 3.09. The number of ether oxygens (including phenoxy) is 1. The molecule has 2 heterocycles. The molecule has 5 unspecified atom stereocenters. The van der Waals surface area contributed by atoms with Gasteiger partial charge in [0.15, 0.2) is 0 Å². The Balaban J connectivity index is 1.51. The Bertz CT molecular complexity index is 545. The van der Waals surface area contributed by atoms with Crippen molar-refractivity contribution in [3.05, 3.63) is 0 Å². The molecule has 0 spiro atoms. The molecular weight excluding hydrogens is 354 g/mol. The number of alkyl carbamates (subject to hydrolysis) is 1. The lowest BCUT2D eigenvalue weighted by molar-refractivity contribution is -0.128. The molecule has 0 bridgehead atoms.